The first kappa shape index (κ1) is 15.1. The van der Waals surface area contributed by atoms with Crippen molar-refractivity contribution in [2.24, 2.45) is 0 Å². The van der Waals surface area contributed by atoms with Crippen LogP contribution in [-0.2, 0) is 0 Å². The molecule has 0 unspecified atom stereocenters. The van der Waals surface area contributed by atoms with E-state index in [4.69, 9.17) is 0 Å². The summed E-state index contributed by atoms with van der Waals surface area (Å²) in [5.41, 5.74) is 0. The van der Waals surface area contributed by atoms with Crippen LogP contribution in [0.1, 0.15) is 25.7 Å². The molecule has 0 spiro atoms. The first-order valence-corrected chi connectivity index (χ1v) is 4.64. The Balaban J connectivity index is 3.54. The Morgan fingerprint density at radius 3 is 1.12 bits per heavy atom. The molecule has 0 saturated heterocycles. The number of hydrogen-bond acceptors (Lipinski definition) is 0. The molecule has 0 saturated carbocycles. The van der Waals surface area contributed by atoms with Crippen LogP contribution in [0, 0.1) is 0 Å². The molecule has 16 heavy (non-hydrogen) atoms. The summed E-state index contributed by atoms with van der Waals surface area (Å²) in [4.78, 5) is 0. The maximum Gasteiger partial charge on any atom is 0.392 e. The lowest BCUT2D eigenvalue weighted by Gasteiger charge is -2.00. The van der Waals surface area contributed by atoms with Crippen molar-refractivity contribution in [2.75, 3.05) is 0 Å². The first-order chi connectivity index (χ1) is 7.21. The van der Waals surface area contributed by atoms with Crippen LogP contribution in [0.15, 0.2) is 24.3 Å². The monoisotopic (exact) mass is 246 g/mol. The highest BCUT2D eigenvalue weighted by atomic mass is 19.4. The van der Waals surface area contributed by atoms with E-state index < -0.39 is 25.2 Å². The zero-order valence-corrected chi connectivity index (χ0v) is 8.41. The smallest absolute Gasteiger partial charge is 0.171 e. The number of halogens is 6. The first-order valence-electron chi connectivity index (χ1n) is 4.64. The highest BCUT2D eigenvalue weighted by Crippen LogP contribution is 2.20. The van der Waals surface area contributed by atoms with Crippen LogP contribution in [0.5, 0.6) is 0 Å². The van der Waals surface area contributed by atoms with Gasteiger partial charge in [0.2, 0.25) is 0 Å². The molecular formula is C10H12F6. The third kappa shape index (κ3) is 13.1. The lowest BCUT2D eigenvalue weighted by molar-refractivity contribution is -0.126. The molecule has 0 fully saturated rings. The molecule has 0 heterocycles. The van der Waals surface area contributed by atoms with Gasteiger partial charge in [0.05, 0.1) is 12.8 Å². The van der Waals surface area contributed by atoms with Gasteiger partial charge in [-0.15, -0.1) is 0 Å². The van der Waals surface area contributed by atoms with Crippen LogP contribution < -0.4 is 0 Å². The Morgan fingerprint density at radius 1 is 0.562 bits per heavy atom. The fourth-order valence-electron chi connectivity index (χ4n) is 0.862. The van der Waals surface area contributed by atoms with Crippen molar-refractivity contribution in [2.45, 2.75) is 38.0 Å². The topological polar surface area (TPSA) is 0 Å². The van der Waals surface area contributed by atoms with Crippen LogP contribution in [0.2, 0.25) is 0 Å². The summed E-state index contributed by atoms with van der Waals surface area (Å²) < 4.78 is 69.8. The fraction of sp³-hybridized carbons (Fsp3) is 0.600. The summed E-state index contributed by atoms with van der Waals surface area (Å²) in [6, 6.07) is 0. The largest absolute Gasteiger partial charge is 0.392 e. The molecule has 6 heteroatoms. The predicted octanol–water partition coefficient (Wildman–Crippen LogP) is 4.78. The molecule has 0 bridgehead atoms. The van der Waals surface area contributed by atoms with Crippen molar-refractivity contribution in [3.63, 3.8) is 0 Å². The Bertz CT molecular complexity index is 207. The molecule has 0 radical (unpaired) electrons. The highest BCUT2D eigenvalue weighted by Gasteiger charge is 2.24. The van der Waals surface area contributed by atoms with Crippen LogP contribution in [0.25, 0.3) is 0 Å². The van der Waals surface area contributed by atoms with Crippen molar-refractivity contribution in [3.05, 3.63) is 24.3 Å². The van der Waals surface area contributed by atoms with E-state index in [1.165, 1.54) is 12.2 Å². The average Bonchev–Trinajstić information content (AvgIpc) is 2.06. The van der Waals surface area contributed by atoms with Gasteiger partial charge < -0.3 is 0 Å². The normalized spacial score (nSPS) is 14.1. The standard InChI is InChI=1S/C10H12F6/c11-9(12,13)7-5-3-1-2-4-6-8-10(14,15)16/h3-6H,1-2,7-8H2/b5-3+,6-4+. The van der Waals surface area contributed by atoms with Crippen molar-refractivity contribution in [1.82, 2.24) is 0 Å². The zero-order valence-electron chi connectivity index (χ0n) is 8.41. The molecule has 0 aromatic rings. The number of allylic oxidation sites excluding steroid dienone is 4. The van der Waals surface area contributed by atoms with Crippen molar-refractivity contribution in [1.29, 1.82) is 0 Å². The zero-order chi connectivity index (χ0) is 12.7. The Kier molecular flexibility index (Phi) is 6.21. The number of unbranched alkanes of at least 4 members (excludes halogenated alkanes) is 1. The minimum Gasteiger partial charge on any atom is -0.171 e. The van der Waals surface area contributed by atoms with Gasteiger partial charge in [0, 0.05) is 0 Å². The van der Waals surface area contributed by atoms with Gasteiger partial charge in [0.15, 0.2) is 0 Å². The minimum atomic E-state index is -4.22. The van der Waals surface area contributed by atoms with E-state index in [-0.39, 0.29) is 0 Å². The number of alkyl halides is 6. The molecule has 0 aromatic heterocycles. The molecule has 0 N–H and O–H groups in total. The molecule has 0 rings (SSSR count). The van der Waals surface area contributed by atoms with Crippen molar-refractivity contribution in [3.8, 4) is 0 Å². The Hall–Kier alpha value is -0.940. The molecule has 0 atom stereocenters. The van der Waals surface area contributed by atoms with E-state index in [1.54, 1.807) is 0 Å². The summed E-state index contributed by atoms with van der Waals surface area (Å²) in [6.45, 7) is 0. The Morgan fingerprint density at radius 2 is 0.875 bits per heavy atom. The second kappa shape index (κ2) is 6.60. The molecule has 0 aromatic carbocycles. The SMILES string of the molecule is FC(F)(F)C/C=C/CC/C=C/CC(F)(F)F. The summed E-state index contributed by atoms with van der Waals surface area (Å²) in [5.74, 6) is 0. The summed E-state index contributed by atoms with van der Waals surface area (Å²) >= 11 is 0. The van der Waals surface area contributed by atoms with Crippen molar-refractivity contribution < 1.29 is 26.3 Å². The summed E-state index contributed by atoms with van der Waals surface area (Å²) in [5, 5.41) is 0. The summed E-state index contributed by atoms with van der Waals surface area (Å²) in [6.07, 6.45) is -5.26. The molecule has 0 amide bonds. The molecule has 94 valence electrons. The number of hydrogen-bond donors (Lipinski definition) is 0. The van der Waals surface area contributed by atoms with Crippen LogP contribution in [0.4, 0.5) is 26.3 Å². The second-order valence-electron chi connectivity index (χ2n) is 3.16. The van der Waals surface area contributed by atoms with Crippen LogP contribution in [-0.4, -0.2) is 12.4 Å². The van der Waals surface area contributed by atoms with Gasteiger partial charge in [-0.25, -0.2) is 0 Å². The van der Waals surface area contributed by atoms with E-state index in [0.29, 0.717) is 12.8 Å². The molecule has 0 aliphatic rings. The predicted molar refractivity (Wildman–Crippen MR) is 48.9 cm³/mol. The Labute approximate surface area is 89.6 Å². The molecule has 0 aliphatic heterocycles. The molecule has 0 nitrogen and oxygen atoms in total. The lowest BCUT2D eigenvalue weighted by atomic mass is 10.2. The highest BCUT2D eigenvalue weighted by molar-refractivity contribution is 4.89. The van der Waals surface area contributed by atoms with Crippen LogP contribution >= 0.6 is 0 Å². The maximum absolute atomic E-state index is 11.6. The van der Waals surface area contributed by atoms with Crippen molar-refractivity contribution >= 4 is 0 Å². The lowest BCUT2D eigenvalue weighted by Crippen LogP contribution is -2.04. The van der Waals surface area contributed by atoms with Gasteiger partial charge in [-0.3, -0.25) is 0 Å². The van der Waals surface area contributed by atoms with Gasteiger partial charge in [0.25, 0.3) is 0 Å². The van der Waals surface area contributed by atoms with E-state index in [1.807, 2.05) is 0 Å². The van der Waals surface area contributed by atoms with Gasteiger partial charge in [-0.2, -0.15) is 26.3 Å². The van der Waals surface area contributed by atoms with E-state index in [9.17, 15) is 26.3 Å². The van der Waals surface area contributed by atoms with Gasteiger partial charge in [0.1, 0.15) is 0 Å². The number of rotatable bonds is 5. The third-order valence-corrected chi connectivity index (χ3v) is 1.53. The maximum atomic E-state index is 11.6. The van der Waals surface area contributed by atoms with E-state index in [2.05, 4.69) is 0 Å². The second-order valence-corrected chi connectivity index (χ2v) is 3.16. The molecular weight excluding hydrogens is 234 g/mol. The van der Waals surface area contributed by atoms with Gasteiger partial charge in [-0.1, -0.05) is 24.3 Å². The molecule has 0 aliphatic carbocycles. The summed E-state index contributed by atoms with van der Waals surface area (Å²) in [7, 11) is 0. The van der Waals surface area contributed by atoms with Gasteiger partial charge in [-0.05, 0) is 12.8 Å². The van der Waals surface area contributed by atoms with E-state index >= 15 is 0 Å². The van der Waals surface area contributed by atoms with Crippen LogP contribution in [0.3, 0.4) is 0 Å². The quantitative estimate of drug-likeness (QED) is 0.372. The fourth-order valence-corrected chi connectivity index (χ4v) is 0.862. The minimum absolute atomic E-state index is 0.310. The average molecular weight is 246 g/mol. The third-order valence-electron chi connectivity index (χ3n) is 1.53. The van der Waals surface area contributed by atoms with Gasteiger partial charge >= 0.3 is 12.4 Å². The van der Waals surface area contributed by atoms with E-state index in [0.717, 1.165) is 12.2 Å².